The number of sulfonamides is 1. The van der Waals surface area contributed by atoms with Crippen LogP contribution in [-0.2, 0) is 19.9 Å². The summed E-state index contributed by atoms with van der Waals surface area (Å²) < 4.78 is 65.9. The van der Waals surface area contributed by atoms with Crippen molar-refractivity contribution < 1.29 is 21.2 Å². The van der Waals surface area contributed by atoms with E-state index in [9.17, 15) is 21.2 Å². The number of sulfone groups is 1. The molecular formula is C15H18FN3O4S2. The number of anilines is 1. The highest BCUT2D eigenvalue weighted by atomic mass is 32.2. The molecule has 136 valence electrons. The molecule has 0 bridgehead atoms. The number of aromatic nitrogens is 2. The summed E-state index contributed by atoms with van der Waals surface area (Å²) in [5.74, 6) is -0.536. The van der Waals surface area contributed by atoms with E-state index in [0.717, 1.165) is 6.07 Å². The molecule has 25 heavy (non-hydrogen) atoms. The van der Waals surface area contributed by atoms with Crippen LogP contribution in [0, 0.1) is 19.7 Å². The lowest BCUT2D eigenvalue weighted by Gasteiger charge is -2.12. The van der Waals surface area contributed by atoms with E-state index in [1.807, 2.05) is 0 Å². The van der Waals surface area contributed by atoms with Crippen LogP contribution in [-0.4, -0.2) is 38.1 Å². The minimum Gasteiger partial charge on any atom is -0.279 e. The molecule has 0 saturated carbocycles. The minimum atomic E-state index is -3.98. The zero-order valence-electron chi connectivity index (χ0n) is 13.7. The molecule has 10 heteroatoms. The Morgan fingerprint density at radius 1 is 1.32 bits per heavy atom. The van der Waals surface area contributed by atoms with Crippen LogP contribution >= 0.6 is 0 Å². The molecule has 0 aliphatic carbocycles. The maximum absolute atomic E-state index is 13.3. The molecule has 2 aromatic rings. The van der Waals surface area contributed by atoms with Crippen LogP contribution in [0.3, 0.4) is 0 Å². The SMILES string of the molecule is Cc1nn([C@H]2CCS(=O)(=O)C2)c(C)c1S(=O)(=O)Nc1cccc(F)c1. The fourth-order valence-corrected chi connectivity index (χ4v) is 6.26. The molecule has 1 aromatic heterocycles. The lowest BCUT2D eigenvalue weighted by atomic mass is 10.2. The van der Waals surface area contributed by atoms with Gasteiger partial charge in [0, 0.05) is 0 Å². The van der Waals surface area contributed by atoms with Gasteiger partial charge in [-0.2, -0.15) is 5.10 Å². The first-order chi connectivity index (χ1) is 11.6. The third-order valence-corrected chi connectivity index (χ3v) is 7.54. The predicted molar refractivity (Wildman–Crippen MR) is 91.2 cm³/mol. The summed E-state index contributed by atoms with van der Waals surface area (Å²) in [5, 5.41) is 4.24. The molecule has 0 spiro atoms. The van der Waals surface area contributed by atoms with Crippen LogP contribution in [0.15, 0.2) is 29.2 Å². The Bertz CT molecular complexity index is 1030. The van der Waals surface area contributed by atoms with E-state index in [1.54, 1.807) is 13.8 Å². The molecule has 1 aliphatic rings. The summed E-state index contributed by atoms with van der Waals surface area (Å²) in [7, 11) is -7.10. The molecule has 3 rings (SSSR count). The van der Waals surface area contributed by atoms with Gasteiger partial charge >= 0.3 is 0 Å². The first kappa shape index (κ1) is 17.9. The molecular weight excluding hydrogens is 369 g/mol. The van der Waals surface area contributed by atoms with Crippen LogP contribution in [0.1, 0.15) is 23.9 Å². The molecule has 0 amide bonds. The molecule has 0 radical (unpaired) electrons. The van der Waals surface area contributed by atoms with Crippen LogP contribution in [0.25, 0.3) is 0 Å². The minimum absolute atomic E-state index is 0.0129. The highest BCUT2D eigenvalue weighted by Gasteiger charge is 2.33. The molecule has 2 heterocycles. The number of halogens is 1. The Labute approximate surface area is 145 Å². The molecule has 1 aromatic carbocycles. The molecule has 1 atom stereocenters. The zero-order valence-corrected chi connectivity index (χ0v) is 15.4. The second-order valence-corrected chi connectivity index (χ2v) is 9.97. The molecule has 1 aliphatic heterocycles. The van der Waals surface area contributed by atoms with E-state index < -0.39 is 25.7 Å². The van der Waals surface area contributed by atoms with Gasteiger partial charge in [0.05, 0.1) is 34.6 Å². The second kappa shape index (κ2) is 6.10. The third kappa shape index (κ3) is 3.54. The van der Waals surface area contributed by atoms with Crippen molar-refractivity contribution in [2.24, 2.45) is 0 Å². The maximum atomic E-state index is 13.3. The van der Waals surface area contributed by atoms with Gasteiger partial charge in [-0.15, -0.1) is 0 Å². The first-order valence-electron chi connectivity index (χ1n) is 7.63. The van der Waals surface area contributed by atoms with E-state index in [2.05, 4.69) is 9.82 Å². The average Bonchev–Trinajstić information content (AvgIpc) is 2.98. The molecule has 1 N–H and O–H groups in total. The lowest BCUT2D eigenvalue weighted by Crippen LogP contribution is -2.17. The smallest absolute Gasteiger partial charge is 0.265 e. The standard InChI is InChI=1S/C15H18FN3O4S2/c1-10-15(25(22,23)18-13-5-3-4-12(16)8-13)11(2)19(17-10)14-6-7-24(20,21)9-14/h3-5,8,14,18H,6-7,9H2,1-2H3/t14-/m0/s1. The lowest BCUT2D eigenvalue weighted by molar-refractivity contribution is 0.484. The van der Waals surface area contributed by atoms with Gasteiger partial charge in [0.2, 0.25) is 0 Å². The normalized spacial score (nSPS) is 19.9. The van der Waals surface area contributed by atoms with Gasteiger partial charge < -0.3 is 0 Å². The second-order valence-electron chi connectivity index (χ2n) is 6.12. The molecule has 1 fully saturated rings. The Morgan fingerprint density at radius 2 is 2.04 bits per heavy atom. The molecule has 0 unspecified atom stereocenters. The average molecular weight is 387 g/mol. The van der Waals surface area contributed by atoms with Crippen LogP contribution < -0.4 is 4.72 Å². The fourth-order valence-electron chi connectivity index (χ4n) is 3.12. The van der Waals surface area contributed by atoms with Gasteiger partial charge in [-0.3, -0.25) is 9.40 Å². The van der Waals surface area contributed by atoms with Crippen molar-refractivity contribution in [3.05, 3.63) is 41.5 Å². The summed E-state index contributed by atoms with van der Waals surface area (Å²) in [6.45, 7) is 3.14. The van der Waals surface area contributed by atoms with Crippen molar-refractivity contribution in [1.29, 1.82) is 0 Å². The number of hydrogen-bond acceptors (Lipinski definition) is 5. The number of rotatable bonds is 4. The van der Waals surface area contributed by atoms with Crippen molar-refractivity contribution >= 4 is 25.5 Å². The van der Waals surface area contributed by atoms with Crippen molar-refractivity contribution in [2.75, 3.05) is 16.2 Å². The summed E-state index contributed by atoms with van der Waals surface area (Å²) in [6, 6.07) is 4.77. The van der Waals surface area contributed by atoms with E-state index in [4.69, 9.17) is 0 Å². The van der Waals surface area contributed by atoms with Gasteiger partial charge in [0.1, 0.15) is 10.7 Å². The van der Waals surface area contributed by atoms with Crippen molar-refractivity contribution in [1.82, 2.24) is 9.78 Å². The maximum Gasteiger partial charge on any atom is 0.265 e. The summed E-state index contributed by atoms with van der Waals surface area (Å²) >= 11 is 0. The Kier molecular flexibility index (Phi) is 4.36. The topological polar surface area (TPSA) is 98.1 Å². The number of nitrogens with zero attached hydrogens (tertiary/aromatic N) is 2. The third-order valence-electron chi connectivity index (χ3n) is 4.16. The Morgan fingerprint density at radius 3 is 2.64 bits per heavy atom. The number of benzene rings is 1. The monoisotopic (exact) mass is 387 g/mol. The summed E-state index contributed by atoms with van der Waals surface area (Å²) in [5.41, 5.74) is 0.740. The fraction of sp³-hybridized carbons (Fsp3) is 0.400. The Hall–Kier alpha value is -1.94. The predicted octanol–water partition coefficient (Wildman–Crippen LogP) is 1.80. The van der Waals surface area contributed by atoms with Crippen molar-refractivity contribution in [2.45, 2.75) is 31.2 Å². The summed E-state index contributed by atoms with van der Waals surface area (Å²) in [6.07, 6.45) is 0.404. The van der Waals surface area contributed by atoms with Gasteiger partial charge in [-0.05, 0) is 38.5 Å². The zero-order chi connectivity index (χ0) is 18.4. The quantitative estimate of drug-likeness (QED) is 0.863. The summed E-state index contributed by atoms with van der Waals surface area (Å²) in [4.78, 5) is -0.0129. The number of nitrogens with one attached hydrogen (secondary N) is 1. The van der Waals surface area contributed by atoms with E-state index >= 15 is 0 Å². The van der Waals surface area contributed by atoms with Gasteiger partial charge in [-0.1, -0.05) is 6.07 Å². The van der Waals surface area contributed by atoms with Crippen LogP contribution in [0.4, 0.5) is 10.1 Å². The highest BCUT2D eigenvalue weighted by Crippen LogP contribution is 2.29. The highest BCUT2D eigenvalue weighted by molar-refractivity contribution is 7.92. The van der Waals surface area contributed by atoms with Gasteiger partial charge in [-0.25, -0.2) is 21.2 Å². The number of hydrogen-bond donors (Lipinski definition) is 1. The van der Waals surface area contributed by atoms with Crippen LogP contribution in [0.5, 0.6) is 0 Å². The largest absolute Gasteiger partial charge is 0.279 e. The van der Waals surface area contributed by atoms with Gasteiger partial charge in [0.25, 0.3) is 10.0 Å². The first-order valence-corrected chi connectivity index (χ1v) is 10.9. The number of aryl methyl sites for hydroxylation is 1. The van der Waals surface area contributed by atoms with E-state index in [-0.39, 0.29) is 33.8 Å². The Balaban J connectivity index is 1.97. The van der Waals surface area contributed by atoms with Crippen molar-refractivity contribution in [3.8, 4) is 0 Å². The van der Waals surface area contributed by atoms with Crippen molar-refractivity contribution in [3.63, 3.8) is 0 Å². The molecule has 1 saturated heterocycles. The van der Waals surface area contributed by atoms with E-state index in [0.29, 0.717) is 12.1 Å². The van der Waals surface area contributed by atoms with Crippen LogP contribution in [0.2, 0.25) is 0 Å². The van der Waals surface area contributed by atoms with Gasteiger partial charge in [0.15, 0.2) is 9.84 Å². The van der Waals surface area contributed by atoms with E-state index in [1.165, 1.54) is 22.9 Å². The molecule has 7 nitrogen and oxygen atoms in total.